The Hall–Kier alpha value is -1.44. The predicted octanol–water partition coefficient (Wildman–Crippen LogP) is 5.03. The van der Waals surface area contributed by atoms with Gasteiger partial charge in [0.05, 0.1) is 20.1 Å². The lowest BCUT2D eigenvalue weighted by Gasteiger charge is -2.08. The highest BCUT2D eigenvalue weighted by atomic mass is 79.9. The van der Waals surface area contributed by atoms with Crippen molar-refractivity contribution in [2.75, 3.05) is 5.32 Å². The molecule has 1 amide bonds. The van der Waals surface area contributed by atoms with Crippen molar-refractivity contribution in [2.45, 2.75) is 0 Å². The number of hydrogen-bond donors (Lipinski definition) is 1. The lowest BCUT2D eigenvalue weighted by Crippen LogP contribution is -2.12. The van der Waals surface area contributed by atoms with Gasteiger partial charge in [-0.15, -0.1) is 0 Å². The third kappa shape index (κ3) is 3.81. The number of nitrogens with one attached hydrogen (secondary N) is 1. The number of halogens is 3. The fraction of sp³-hybridized carbons (Fsp3) is 0. The molecule has 0 saturated heterocycles. The standard InChI is InChI=1S/C13H7Br2ClN2O3/c14-8-2-4-10(16)11(6-8)17-13(19)7-1-3-9(15)12(5-7)18(20)21/h1-6H,(H,17,19). The van der Waals surface area contributed by atoms with Crippen molar-refractivity contribution < 1.29 is 9.72 Å². The minimum Gasteiger partial charge on any atom is -0.321 e. The molecular weight excluding hydrogens is 427 g/mol. The van der Waals surface area contributed by atoms with E-state index in [9.17, 15) is 14.9 Å². The minimum absolute atomic E-state index is 0.168. The number of nitrogens with zero attached hydrogens (tertiary/aromatic N) is 1. The van der Waals surface area contributed by atoms with Crippen LogP contribution in [-0.2, 0) is 0 Å². The summed E-state index contributed by atoms with van der Waals surface area (Å²) in [4.78, 5) is 22.4. The Bertz CT molecular complexity index is 737. The summed E-state index contributed by atoms with van der Waals surface area (Å²) >= 11 is 12.3. The van der Waals surface area contributed by atoms with Crippen molar-refractivity contribution in [1.29, 1.82) is 0 Å². The van der Waals surface area contributed by atoms with Gasteiger partial charge in [0.2, 0.25) is 0 Å². The number of carbonyl (C=O) groups is 1. The van der Waals surface area contributed by atoms with E-state index in [2.05, 4.69) is 37.2 Å². The third-order valence-electron chi connectivity index (χ3n) is 2.58. The molecule has 0 aromatic heterocycles. The fourth-order valence-corrected chi connectivity index (χ4v) is 2.50. The Morgan fingerprint density at radius 3 is 2.57 bits per heavy atom. The third-order valence-corrected chi connectivity index (χ3v) is 4.08. The van der Waals surface area contributed by atoms with Crippen molar-refractivity contribution in [2.24, 2.45) is 0 Å². The Labute approximate surface area is 141 Å². The summed E-state index contributed by atoms with van der Waals surface area (Å²) in [6, 6.07) is 9.15. The molecule has 0 aliphatic heterocycles. The molecule has 2 rings (SSSR count). The molecule has 1 N–H and O–H groups in total. The van der Waals surface area contributed by atoms with E-state index in [0.717, 1.165) is 4.47 Å². The van der Waals surface area contributed by atoms with E-state index < -0.39 is 10.8 Å². The van der Waals surface area contributed by atoms with Crippen molar-refractivity contribution in [3.8, 4) is 0 Å². The number of amides is 1. The van der Waals surface area contributed by atoms with Gasteiger partial charge in [0.15, 0.2) is 0 Å². The first-order valence-corrected chi connectivity index (χ1v) is 7.55. The summed E-state index contributed by atoms with van der Waals surface area (Å²) in [5.41, 5.74) is 0.408. The Kier molecular flexibility index (Phi) is 4.97. The molecule has 8 heteroatoms. The van der Waals surface area contributed by atoms with E-state index in [4.69, 9.17) is 11.6 Å². The van der Waals surface area contributed by atoms with E-state index in [1.165, 1.54) is 18.2 Å². The molecule has 0 fully saturated rings. The van der Waals surface area contributed by atoms with Gasteiger partial charge in [-0.2, -0.15) is 0 Å². The predicted molar refractivity (Wildman–Crippen MR) is 87.9 cm³/mol. The molecule has 0 aliphatic rings. The first kappa shape index (κ1) is 15.9. The van der Waals surface area contributed by atoms with E-state index in [1.54, 1.807) is 18.2 Å². The van der Waals surface area contributed by atoms with Crippen LogP contribution in [-0.4, -0.2) is 10.8 Å². The highest BCUT2D eigenvalue weighted by Crippen LogP contribution is 2.28. The van der Waals surface area contributed by atoms with Crippen molar-refractivity contribution in [1.82, 2.24) is 0 Å². The number of nitro groups is 1. The average Bonchev–Trinajstić information content (AvgIpc) is 2.43. The van der Waals surface area contributed by atoms with Gasteiger partial charge in [-0.3, -0.25) is 14.9 Å². The quantitative estimate of drug-likeness (QED) is 0.544. The monoisotopic (exact) mass is 432 g/mol. The van der Waals surface area contributed by atoms with Crippen LogP contribution < -0.4 is 5.32 Å². The van der Waals surface area contributed by atoms with E-state index in [-0.39, 0.29) is 11.3 Å². The van der Waals surface area contributed by atoms with Gasteiger partial charge < -0.3 is 5.32 Å². The second kappa shape index (κ2) is 6.55. The van der Waals surface area contributed by atoms with Crippen LogP contribution in [0.2, 0.25) is 5.02 Å². The van der Waals surface area contributed by atoms with Crippen LogP contribution in [0.5, 0.6) is 0 Å². The zero-order valence-corrected chi connectivity index (χ0v) is 14.2. The molecule has 2 aromatic rings. The van der Waals surface area contributed by atoms with E-state index in [1.807, 2.05) is 0 Å². The van der Waals surface area contributed by atoms with E-state index >= 15 is 0 Å². The number of carbonyl (C=O) groups excluding carboxylic acids is 1. The Morgan fingerprint density at radius 1 is 1.19 bits per heavy atom. The number of anilines is 1. The summed E-state index contributed by atoms with van der Waals surface area (Å²) in [6.07, 6.45) is 0. The van der Waals surface area contributed by atoms with Crippen molar-refractivity contribution in [3.05, 3.63) is 66.0 Å². The largest absolute Gasteiger partial charge is 0.321 e. The van der Waals surface area contributed by atoms with Crippen molar-refractivity contribution >= 4 is 60.7 Å². The van der Waals surface area contributed by atoms with Gasteiger partial charge in [0.25, 0.3) is 11.6 Å². The van der Waals surface area contributed by atoms with Crippen LogP contribution in [0.15, 0.2) is 45.3 Å². The fourth-order valence-electron chi connectivity index (χ4n) is 1.58. The zero-order chi connectivity index (χ0) is 15.6. The maximum atomic E-state index is 12.1. The smallest absolute Gasteiger partial charge is 0.284 e. The minimum atomic E-state index is -0.563. The second-order valence-electron chi connectivity index (χ2n) is 4.00. The summed E-state index contributed by atoms with van der Waals surface area (Å²) < 4.78 is 1.06. The summed E-state index contributed by atoms with van der Waals surface area (Å²) in [7, 11) is 0. The van der Waals surface area contributed by atoms with Gasteiger partial charge in [0.1, 0.15) is 0 Å². The molecule has 0 saturated carbocycles. The molecule has 2 aromatic carbocycles. The van der Waals surface area contributed by atoms with Crippen LogP contribution in [0, 0.1) is 10.1 Å². The van der Waals surface area contributed by atoms with Crippen molar-refractivity contribution in [3.63, 3.8) is 0 Å². The SMILES string of the molecule is O=C(Nc1cc(Br)ccc1Cl)c1ccc(Br)c([N+](=O)[O-])c1. The number of rotatable bonds is 3. The van der Waals surface area contributed by atoms with Gasteiger partial charge >= 0.3 is 0 Å². The van der Waals surface area contributed by atoms with Crippen LogP contribution in [0.25, 0.3) is 0 Å². The second-order valence-corrected chi connectivity index (χ2v) is 6.18. The summed E-state index contributed by atoms with van der Waals surface area (Å²) in [6.45, 7) is 0. The Balaban J connectivity index is 2.30. The molecule has 0 radical (unpaired) electrons. The summed E-state index contributed by atoms with van der Waals surface area (Å²) in [5, 5.41) is 13.9. The van der Waals surface area contributed by atoms with Crippen LogP contribution >= 0.6 is 43.5 Å². The molecule has 5 nitrogen and oxygen atoms in total. The molecule has 0 aliphatic carbocycles. The molecule has 0 bridgehead atoms. The number of benzene rings is 2. The highest BCUT2D eigenvalue weighted by molar-refractivity contribution is 9.10. The van der Waals surface area contributed by atoms with Gasteiger partial charge in [-0.05, 0) is 46.3 Å². The molecular formula is C13H7Br2ClN2O3. The maximum Gasteiger partial charge on any atom is 0.284 e. The van der Waals surface area contributed by atoms with Gasteiger partial charge in [-0.1, -0.05) is 27.5 Å². The average molecular weight is 434 g/mol. The lowest BCUT2D eigenvalue weighted by atomic mass is 10.2. The van der Waals surface area contributed by atoms with E-state index in [0.29, 0.717) is 15.2 Å². The highest BCUT2D eigenvalue weighted by Gasteiger charge is 2.16. The molecule has 0 heterocycles. The molecule has 21 heavy (non-hydrogen) atoms. The first-order valence-electron chi connectivity index (χ1n) is 5.59. The topological polar surface area (TPSA) is 72.2 Å². The normalized spacial score (nSPS) is 10.2. The maximum absolute atomic E-state index is 12.1. The first-order chi connectivity index (χ1) is 9.88. The van der Waals surface area contributed by atoms with Crippen LogP contribution in [0.1, 0.15) is 10.4 Å². The molecule has 108 valence electrons. The number of hydrogen-bond acceptors (Lipinski definition) is 3. The van der Waals surface area contributed by atoms with Gasteiger partial charge in [-0.25, -0.2) is 0 Å². The molecule has 0 unspecified atom stereocenters. The van der Waals surface area contributed by atoms with Crippen LogP contribution in [0.3, 0.4) is 0 Å². The summed E-state index contributed by atoms with van der Waals surface area (Å²) in [5.74, 6) is -0.481. The molecule has 0 atom stereocenters. The number of nitro benzene ring substituents is 1. The van der Waals surface area contributed by atoms with Crippen LogP contribution in [0.4, 0.5) is 11.4 Å². The van der Waals surface area contributed by atoms with Gasteiger partial charge in [0, 0.05) is 16.1 Å². The Morgan fingerprint density at radius 2 is 1.90 bits per heavy atom. The lowest BCUT2D eigenvalue weighted by molar-refractivity contribution is -0.385. The molecule has 0 spiro atoms. The zero-order valence-electron chi connectivity index (χ0n) is 10.3.